The number of hydrogen-bond donors (Lipinski definition) is 2. The molecule has 2 rings (SSSR count). The Morgan fingerprint density at radius 2 is 2.19 bits per heavy atom. The molecule has 1 aliphatic rings. The van der Waals surface area contributed by atoms with Crippen molar-refractivity contribution in [1.29, 1.82) is 0 Å². The van der Waals surface area contributed by atoms with E-state index in [1.165, 1.54) is 9.75 Å². The molecular weight excluding hydrogens is 288 g/mol. The Morgan fingerprint density at radius 3 is 2.76 bits per heavy atom. The maximum atomic E-state index is 11.9. The molecule has 0 aliphatic carbocycles. The summed E-state index contributed by atoms with van der Waals surface area (Å²) in [6, 6.07) is 3.63. The van der Waals surface area contributed by atoms with Gasteiger partial charge in [0.15, 0.2) is 0 Å². The molecule has 0 aromatic carbocycles. The second-order valence-electron chi connectivity index (χ2n) is 6.39. The van der Waals surface area contributed by atoms with Crippen LogP contribution < -0.4 is 5.32 Å². The Hall–Kier alpha value is -1.40. The Labute approximate surface area is 129 Å². The first-order valence-electron chi connectivity index (χ1n) is 7.10. The van der Waals surface area contributed by atoms with Gasteiger partial charge in [-0.25, -0.2) is 0 Å². The lowest BCUT2D eigenvalue weighted by atomic mass is 9.95. The molecule has 1 amide bonds. The highest BCUT2D eigenvalue weighted by atomic mass is 32.1. The molecule has 1 unspecified atom stereocenters. The van der Waals surface area contributed by atoms with Crippen molar-refractivity contribution in [3.63, 3.8) is 0 Å². The van der Waals surface area contributed by atoms with Crippen LogP contribution in [-0.4, -0.2) is 41.0 Å². The number of nitrogens with zero attached hydrogens (tertiary/aromatic N) is 1. The van der Waals surface area contributed by atoms with Gasteiger partial charge < -0.3 is 10.4 Å². The molecule has 116 valence electrons. The summed E-state index contributed by atoms with van der Waals surface area (Å²) in [4.78, 5) is 27.3. The number of hydrogen-bond acceptors (Lipinski definition) is 4. The number of carboxylic acid groups (broad SMARTS) is 1. The predicted molar refractivity (Wildman–Crippen MR) is 82.5 cm³/mol. The third kappa shape index (κ3) is 4.04. The summed E-state index contributed by atoms with van der Waals surface area (Å²) in [5, 5.41) is 11.7. The van der Waals surface area contributed by atoms with Gasteiger partial charge >= 0.3 is 5.97 Å². The van der Waals surface area contributed by atoms with E-state index in [4.69, 9.17) is 5.11 Å². The van der Waals surface area contributed by atoms with E-state index in [2.05, 4.69) is 38.2 Å². The number of nitrogens with one attached hydrogen (secondary N) is 1. The molecule has 2 N–H and O–H groups in total. The van der Waals surface area contributed by atoms with E-state index in [9.17, 15) is 9.59 Å². The van der Waals surface area contributed by atoms with E-state index in [1.807, 2.05) is 4.90 Å². The molecule has 0 bridgehead atoms. The molecule has 5 nitrogen and oxygen atoms in total. The van der Waals surface area contributed by atoms with Gasteiger partial charge in [-0.15, -0.1) is 11.3 Å². The molecule has 2 heterocycles. The molecule has 1 aliphatic heterocycles. The molecular formula is C15H22N2O3S. The van der Waals surface area contributed by atoms with Gasteiger partial charge in [0, 0.05) is 29.4 Å². The third-order valence-electron chi connectivity index (χ3n) is 3.57. The maximum Gasteiger partial charge on any atom is 0.305 e. The molecule has 21 heavy (non-hydrogen) atoms. The average Bonchev–Trinajstić information content (AvgIpc) is 2.81. The first-order valence-corrected chi connectivity index (χ1v) is 7.92. The van der Waals surface area contributed by atoms with Gasteiger partial charge in [0.2, 0.25) is 5.91 Å². The SMILES string of the molecule is CC(C)(C)c1ccc(CN2CCNC(=O)C2CC(=O)O)s1. The van der Waals surface area contributed by atoms with Crippen LogP contribution in [0.1, 0.15) is 36.9 Å². The summed E-state index contributed by atoms with van der Waals surface area (Å²) in [5.74, 6) is -1.13. The van der Waals surface area contributed by atoms with Crippen LogP contribution in [0.15, 0.2) is 12.1 Å². The minimum absolute atomic E-state index is 0.114. The zero-order chi connectivity index (χ0) is 15.6. The van der Waals surface area contributed by atoms with E-state index in [-0.39, 0.29) is 17.7 Å². The number of thiophene rings is 1. The minimum Gasteiger partial charge on any atom is -0.481 e. The van der Waals surface area contributed by atoms with Crippen molar-refractivity contribution in [2.24, 2.45) is 0 Å². The van der Waals surface area contributed by atoms with Crippen molar-refractivity contribution in [2.75, 3.05) is 13.1 Å². The highest BCUT2D eigenvalue weighted by molar-refractivity contribution is 7.12. The van der Waals surface area contributed by atoms with Crippen molar-refractivity contribution >= 4 is 23.2 Å². The topological polar surface area (TPSA) is 69.6 Å². The van der Waals surface area contributed by atoms with Crippen molar-refractivity contribution in [2.45, 2.75) is 45.2 Å². The zero-order valence-corrected chi connectivity index (χ0v) is 13.5. The van der Waals surface area contributed by atoms with E-state index >= 15 is 0 Å². The number of carboxylic acids is 1. The third-order valence-corrected chi connectivity index (χ3v) is 5.07. The van der Waals surface area contributed by atoms with E-state index in [0.717, 1.165) is 0 Å². The van der Waals surface area contributed by atoms with Gasteiger partial charge in [0.25, 0.3) is 0 Å². The molecule has 1 atom stereocenters. The molecule has 1 aromatic heterocycles. The summed E-state index contributed by atoms with van der Waals surface area (Å²) in [6.45, 7) is 8.41. The summed E-state index contributed by atoms with van der Waals surface area (Å²) in [7, 11) is 0. The van der Waals surface area contributed by atoms with Gasteiger partial charge in [-0.05, 0) is 17.5 Å². The van der Waals surface area contributed by atoms with Crippen molar-refractivity contribution in [1.82, 2.24) is 10.2 Å². The fourth-order valence-electron chi connectivity index (χ4n) is 2.40. The van der Waals surface area contributed by atoms with Crippen LogP contribution in [0.2, 0.25) is 0 Å². The fourth-order valence-corrected chi connectivity index (χ4v) is 3.50. The molecule has 1 aromatic rings. The van der Waals surface area contributed by atoms with E-state index < -0.39 is 12.0 Å². The summed E-state index contributed by atoms with van der Waals surface area (Å²) in [6.07, 6.45) is -0.149. The molecule has 0 spiro atoms. The summed E-state index contributed by atoms with van der Waals surface area (Å²) >= 11 is 1.73. The standard InChI is InChI=1S/C15H22N2O3S/c1-15(2,3)12-5-4-10(21-12)9-17-7-6-16-14(20)11(17)8-13(18)19/h4-5,11H,6-9H2,1-3H3,(H,16,20)(H,18,19). The average molecular weight is 310 g/mol. The van der Waals surface area contributed by atoms with Crippen LogP contribution in [0.3, 0.4) is 0 Å². The number of carbonyl (C=O) groups is 2. The largest absolute Gasteiger partial charge is 0.481 e. The van der Waals surface area contributed by atoms with Crippen molar-refractivity contribution in [3.8, 4) is 0 Å². The normalized spacial score (nSPS) is 20.3. The van der Waals surface area contributed by atoms with Crippen LogP contribution in [0.25, 0.3) is 0 Å². The zero-order valence-electron chi connectivity index (χ0n) is 12.7. The Bertz CT molecular complexity index is 533. The van der Waals surface area contributed by atoms with Crippen molar-refractivity contribution < 1.29 is 14.7 Å². The lowest BCUT2D eigenvalue weighted by Crippen LogP contribution is -2.55. The maximum absolute atomic E-state index is 11.9. The van der Waals surface area contributed by atoms with Crippen LogP contribution in [-0.2, 0) is 21.5 Å². The van der Waals surface area contributed by atoms with Gasteiger partial charge in [0.05, 0.1) is 6.42 Å². The van der Waals surface area contributed by atoms with Crippen molar-refractivity contribution in [3.05, 3.63) is 21.9 Å². The Morgan fingerprint density at radius 1 is 1.48 bits per heavy atom. The smallest absolute Gasteiger partial charge is 0.305 e. The van der Waals surface area contributed by atoms with Gasteiger partial charge in [-0.3, -0.25) is 14.5 Å². The first-order chi connectivity index (χ1) is 9.77. The number of piperazine rings is 1. The van der Waals surface area contributed by atoms with Gasteiger partial charge in [-0.2, -0.15) is 0 Å². The fraction of sp³-hybridized carbons (Fsp3) is 0.600. The van der Waals surface area contributed by atoms with Crippen LogP contribution in [0.5, 0.6) is 0 Å². The first kappa shape index (κ1) is 16.0. The summed E-state index contributed by atoms with van der Waals surface area (Å²) < 4.78 is 0. The highest BCUT2D eigenvalue weighted by Gasteiger charge is 2.31. The minimum atomic E-state index is -0.941. The van der Waals surface area contributed by atoms with Crippen LogP contribution in [0, 0.1) is 0 Å². The molecule has 0 radical (unpaired) electrons. The van der Waals surface area contributed by atoms with Gasteiger partial charge in [-0.1, -0.05) is 20.8 Å². The Kier molecular flexibility index (Phi) is 4.68. The number of amides is 1. The quantitative estimate of drug-likeness (QED) is 0.890. The van der Waals surface area contributed by atoms with Gasteiger partial charge in [0.1, 0.15) is 6.04 Å². The number of carbonyl (C=O) groups excluding carboxylic acids is 1. The second kappa shape index (κ2) is 6.15. The second-order valence-corrected chi connectivity index (χ2v) is 7.56. The monoisotopic (exact) mass is 310 g/mol. The molecule has 1 saturated heterocycles. The molecule has 6 heteroatoms. The number of rotatable bonds is 4. The van der Waals surface area contributed by atoms with E-state index in [1.54, 1.807) is 11.3 Å². The lowest BCUT2D eigenvalue weighted by Gasteiger charge is -2.33. The highest BCUT2D eigenvalue weighted by Crippen LogP contribution is 2.30. The molecule has 1 fully saturated rings. The number of aliphatic carboxylic acids is 1. The summed E-state index contributed by atoms with van der Waals surface area (Å²) in [5.41, 5.74) is 0.114. The lowest BCUT2D eigenvalue weighted by molar-refractivity contribution is -0.143. The van der Waals surface area contributed by atoms with Crippen LogP contribution >= 0.6 is 11.3 Å². The van der Waals surface area contributed by atoms with Crippen LogP contribution in [0.4, 0.5) is 0 Å². The predicted octanol–water partition coefficient (Wildman–Crippen LogP) is 1.82. The van der Waals surface area contributed by atoms with E-state index in [0.29, 0.717) is 19.6 Å². The Balaban J connectivity index is 2.10. The molecule has 0 saturated carbocycles.